The van der Waals surface area contributed by atoms with Crippen LogP contribution in [0.5, 0.6) is 0 Å². The van der Waals surface area contributed by atoms with Crippen molar-refractivity contribution in [1.82, 2.24) is 9.97 Å². The first-order valence-electron chi connectivity index (χ1n) is 3.74. The maximum absolute atomic E-state index is 10.9. The van der Waals surface area contributed by atoms with Gasteiger partial charge in [0.05, 0.1) is 5.39 Å². The van der Waals surface area contributed by atoms with Gasteiger partial charge in [-0.2, -0.15) is 0 Å². The normalized spacial score (nSPS) is 10.7. The Morgan fingerprint density at radius 2 is 2.29 bits per heavy atom. The Morgan fingerprint density at radius 3 is 2.93 bits per heavy atom. The molecule has 0 bridgehead atoms. The molecule has 6 heteroatoms. The Morgan fingerprint density at radius 1 is 1.57 bits per heavy atom. The van der Waals surface area contributed by atoms with Crippen LogP contribution in [-0.2, 0) is 0 Å². The van der Waals surface area contributed by atoms with Crippen molar-refractivity contribution in [3.63, 3.8) is 0 Å². The third-order valence-corrected chi connectivity index (χ3v) is 2.12. The first kappa shape index (κ1) is 8.96. The lowest BCUT2D eigenvalue weighted by atomic mass is 10.2. The minimum atomic E-state index is -1.10. The van der Waals surface area contributed by atoms with Gasteiger partial charge in [0.15, 0.2) is 0 Å². The van der Waals surface area contributed by atoms with Crippen LogP contribution in [0.2, 0.25) is 5.15 Å². The Balaban J connectivity index is 2.93. The van der Waals surface area contributed by atoms with Gasteiger partial charge >= 0.3 is 5.97 Å². The van der Waals surface area contributed by atoms with Crippen LogP contribution in [0.4, 0.5) is 0 Å². The highest BCUT2D eigenvalue weighted by molar-refractivity contribution is 6.35. The predicted molar refractivity (Wildman–Crippen MR) is 48.5 cm³/mol. The lowest BCUT2D eigenvalue weighted by Crippen LogP contribution is -1.97. The fourth-order valence-electron chi connectivity index (χ4n) is 1.27. The van der Waals surface area contributed by atoms with Gasteiger partial charge in [0.1, 0.15) is 22.8 Å². The molecular weight excluding hydrogens is 208 g/mol. The number of nitrogens with zero attached hydrogens (tertiary/aromatic N) is 2. The summed E-state index contributed by atoms with van der Waals surface area (Å²) in [4.78, 5) is 18.3. The number of furan rings is 1. The molecule has 72 valence electrons. The molecule has 14 heavy (non-hydrogen) atoms. The van der Waals surface area contributed by atoms with E-state index in [1.165, 1.54) is 6.33 Å². The van der Waals surface area contributed by atoms with E-state index in [1.54, 1.807) is 6.92 Å². The van der Waals surface area contributed by atoms with E-state index in [0.29, 0.717) is 0 Å². The van der Waals surface area contributed by atoms with Crippen LogP contribution in [0.15, 0.2) is 10.7 Å². The average Bonchev–Trinajstić information content (AvgIpc) is 2.42. The number of aromatic carboxylic acids is 1. The molecule has 0 amide bonds. The van der Waals surface area contributed by atoms with E-state index in [9.17, 15) is 4.79 Å². The van der Waals surface area contributed by atoms with Crippen molar-refractivity contribution in [3.05, 3.63) is 22.8 Å². The fourth-order valence-corrected chi connectivity index (χ4v) is 1.49. The van der Waals surface area contributed by atoms with E-state index in [1.807, 2.05) is 0 Å². The average molecular weight is 213 g/mol. The molecule has 5 nitrogen and oxygen atoms in total. The molecule has 1 N–H and O–H groups in total. The summed E-state index contributed by atoms with van der Waals surface area (Å²) >= 11 is 5.75. The number of aromatic nitrogens is 2. The highest BCUT2D eigenvalue weighted by atomic mass is 35.5. The number of rotatable bonds is 1. The maximum atomic E-state index is 10.9. The number of carboxylic acids is 1. The monoisotopic (exact) mass is 212 g/mol. The summed E-state index contributed by atoms with van der Waals surface area (Å²) in [6, 6.07) is 0. The third kappa shape index (κ3) is 1.13. The number of carbonyl (C=O) groups is 1. The summed E-state index contributed by atoms with van der Waals surface area (Å²) in [6.45, 7) is 1.54. The zero-order chi connectivity index (χ0) is 10.3. The Kier molecular flexibility index (Phi) is 1.89. The van der Waals surface area contributed by atoms with Gasteiger partial charge in [-0.15, -0.1) is 0 Å². The minimum absolute atomic E-state index is 0.0191. The van der Waals surface area contributed by atoms with Gasteiger partial charge in [0, 0.05) is 0 Å². The van der Waals surface area contributed by atoms with Crippen molar-refractivity contribution in [2.45, 2.75) is 6.92 Å². The summed E-state index contributed by atoms with van der Waals surface area (Å²) in [7, 11) is 0. The standard InChI is InChI=1S/C8H5ClN2O3/c1-3-4(8(12)13)5-6(9)10-2-11-7(5)14-3/h2H,1H3,(H,12,13). The zero-order valence-corrected chi connectivity index (χ0v) is 7.87. The second-order valence-electron chi connectivity index (χ2n) is 2.68. The van der Waals surface area contributed by atoms with E-state index in [2.05, 4.69) is 9.97 Å². The quantitative estimate of drug-likeness (QED) is 0.731. The number of hydrogen-bond acceptors (Lipinski definition) is 4. The molecule has 0 atom stereocenters. The molecule has 0 spiro atoms. The molecule has 2 aromatic rings. The van der Waals surface area contributed by atoms with Crippen molar-refractivity contribution in [2.24, 2.45) is 0 Å². The third-order valence-electron chi connectivity index (χ3n) is 1.83. The largest absolute Gasteiger partial charge is 0.478 e. The highest BCUT2D eigenvalue weighted by Crippen LogP contribution is 2.28. The molecule has 2 aromatic heterocycles. The summed E-state index contributed by atoms with van der Waals surface area (Å²) in [5, 5.41) is 9.24. The fraction of sp³-hybridized carbons (Fsp3) is 0.125. The van der Waals surface area contributed by atoms with Crippen LogP contribution in [0.1, 0.15) is 16.1 Å². The second kappa shape index (κ2) is 2.95. The van der Waals surface area contributed by atoms with Crippen molar-refractivity contribution >= 4 is 28.7 Å². The van der Waals surface area contributed by atoms with Crippen molar-refractivity contribution < 1.29 is 14.3 Å². The van der Waals surface area contributed by atoms with E-state index in [4.69, 9.17) is 21.1 Å². The summed E-state index contributed by atoms with van der Waals surface area (Å²) < 4.78 is 5.12. The van der Waals surface area contributed by atoms with Crippen LogP contribution >= 0.6 is 11.6 Å². The summed E-state index contributed by atoms with van der Waals surface area (Å²) in [6.07, 6.45) is 1.22. The zero-order valence-electron chi connectivity index (χ0n) is 7.11. The molecule has 0 aliphatic heterocycles. The Hall–Kier alpha value is -1.62. The van der Waals surface area contributed by atoms with Gasteiger partial charge in [-0.25, -0.2) is 14.8 Å². The lowest BCUT2D eigenvalue weighted by molar-refractivity contribution is 0.0697. The van der Waals surface area contributed by atoms with Gasteiger partial charge in [-0.05, 0) is 6.92 Å². The van der Waals surface area contributed by atoms with E-state index < -0.39 is 5.97 Å². The first-order chi connectivity index (χ1) is 6.61. The van der Waals surface area contributed by atoms with Gasteiger partial charge in [-0.3, -0.25) is 0 Å². The van der Waals surface area contributed by atoms with Crippen molar-refractivity contribution in [1.29, 1.82) is 0 Å². The van der Waals surface area contributed by atoms with E-state index >= 15 is 0 Å². The highest BCUT2D eigenvalue weighted by Gasteiger charge is 2.20. The van der Waals surface area contributed by atoms with Crippen LogP contribution in [0.25, 0.3) is 11.1 Å². The lowest BCUT2D eigenvalue weighted by Gasteiger charge is -1.92. The van der Waals surface area contributed by atoms with Gasteiger partial charge in [0.2, 0.25) is 5.71 Å². The number of hydrogen-bond donors (Lipinski definition) is 1. The van der Waals surface area contributed by atoms with Crippen LogP contribution < -0.4 is 0 Å². The molecule has 0 aliphatic rings. The topological polar surface area (TPSA) is 76.2 Å². The van der Waals surface area contributed by atoms with Gasteiger partial charge in [0.25, 0.3) is 0 Å². The van der Waals surface area contributed by atoms with Crippen molar-refractivity contribution in [3.8, 4) is 0 Å². The molecule has 0 aromatic carbocycles. The number of fused-ring (bicyclic) bond motifs is 1. The van der Waals surface area contributed by atoms with Crippen LogP contribution in [0.3, 0.4) is 0 Å². The predicted octanol–water partition coefficient (Wildman–Crippen LogP) is 1.88. The van der Waals surface area contributed by atoms with E-state index in [0.717, 1.165) is 0 Å². The number of carboxylic acid groups (broad SMARTS) is 1. The Bertz CT molecular complexity index is 521. The molecule has 0 saturated heterocycles. The molecule has 0 radical (unpaired) electrons. The summed E-state index contributed by atoms with van der Waals surface area (Å²) in [5.74, 6) is -0.826. The van der Waals surface area contributed by atoms with Crippen LogP contribution in [-0.4, -0.2) is 21.0 Å². The maximum Gasteiger partial charge on any atom is 0.340 e. The van der Waals surface area contributed by atoms with Gasteiger partial charge < -0.3 is 9.52 Å². The van der Waals surface area contributed by atoms with Crippen LogP contribution in [0, 0.1) is 6.92 Å². The Labute approximate surface area is 83.3 Å². The minimum Gasteiger partial charge on any atom is -0.478 e. The number of aryl methyl sites for hydroxylation is 1. The first-order valence-corrected chi connectivity index (χ1v) is 4.12. The second-order valence-corrected chi connectivity index (χ2v) is 3.04. The molecule has 0 unspecified atom stereocenters. The van der Waals surface area contributed by atoms with E-state index in [-0.39, 0.29) is 27.6 Å². The molecule has 0 aliphatic carbocycles. The molecule has 0 saturated carbocycles. The van der Waals surface area contributed by atoms with Gasteiger partial charge in [-0.1, -0.05) is 11.6 Å². The smallest absolute Gasteiger partial charge is 0.340 e. The molecule has 2 rings (SSSR count). The molecule has 0 fully saturated rings. The molecular formula is C8H5ClN2O3. The number of halogens is 1. The molecule has 2 heterocycles. The SMILES string of the molecule is Cc1oc2ncnc(Cl)c2c1C(=O)O. The summed E-state index contributed by atoms with van der Waals surface area (Å²) in [5.41, 5.74) is 0.213. The van der Waals surface area contributed by atoms with Crippen molar-refractivity contribution in [2.75, 3.05) is 0 Å².